The van der Waals surface area contributed by atoms with Crippen molar-refractivity contribution in [3.05, 3.63) is 48.0 Å². The third-order valence-corrected chi connectivity index (χ3v) is 2.99. The van der Waals surface area contributed by atoms with Crippen molar-refractivity contribution in [2.75, 3.05) is 6.54 Å². The first kappa shape index (κ1) is 12.4. The van der Waals surface area contributed by atoms with E-state index in [1.165, 1.54) is 0 Å². The number of nitrogens with one attached hydrogen (secondary N) is 1. The summed E-state index contributed by atoms with van der Waals surface area (Å²) in [6, 6.07) is 9.25. The number of carbonyl (C=O) groups is 1. The maximum Gasteiger partial charge on any atom is 0.290 e. The van der Waals surface area contributed by atoms with Crippen molar-refractivity contribution in [1.82, 2.24) is 20.3 Å². The maximum absolute atomic E-state index is 12.0. The second-order valence-corrected chi connectivity index (χ2v) is 4.50. The Bertz CT molecular complexity index is 744. The first-order valence-electron chi connectivity index (χ1n) is 6.37. The van der Waals surface area contributed by atoms with Crippen molar-refractivity contribution in [2.45, 2.75) is 13.5 Å². The van der Waals surface area contributed by atoms with Crippen LogP contribution in [0.3, 0.4) is 0 Å². The Hall–Kier alpha value is -2.63. The fourth-order valence-electron chi connectivity index (χ4n) is 2.00. The second kappa shape index (κ2) is 5.16. The van der Waals surface area contributed by atoms with E-state index < -0.39 is 0 Å². The van der Waals surface area contributed by atoms with Gasteiger partial charge in [-0.25, -0.2) is 0 Å². The molecule has 3 rings (SSSR count). The van der Waals surface area contributed by atoms with Crippen LogP contribution in [0, 0.1) is 6.92 Å². The van der Waals surface area contributed by atoms with Crippen molar-refractivity contribution in [3.8, 4) is 0 Å². The van der Waals surface area contributed by atoms with Crippen LogP contribution in [0.25, 0.3) is 10.9 Å². The summed E-state index contributed by atoms with van der Waals surface area (Å²) in [5.74, 6) is -0.0141. The van der Waals surface area contributed by atoms with Crippen molar-refractivity contribution >= 4 is 16.8 Å². The molecule has 1 aromatic carbocycles. The highest BCUT2D eigenvalue weighted by Crippen LogP contribution is 2.17. The molecule has 2 aromatic heterocycles. The lowest BCUT2D eigenvalue weighted by Crippen LogP contribution is -2.27. The third kappa shape index (κ3) is 2.40. The first-order valence-corrected chi connectivity index (χ1v) is 6.37. The monoisotopic (exact) mass is 270 g/mol. The fraction of sp³-hybridized carbons (Fsp3) is 0.214. The van der Waals surface area contributed by atoms with E-state index in [0.29, 0.717) is 18.6 Å². The number of fused-ring (bicyclic) bond motifs is 1. The number of amides is 1. The number of rotatable bonds is 4. The van der Waals surface area contributed by atoms with Gasteiger partial charge < -0.3 is 9.84 Å². The van der Waals surface area contributed by atoms with E-state index in [0.717, 1.165) is 11.1 Å². The average molecular weight is 270 g/mol. The van der Waals surface area contributed by atoms with Gasteiger partial charge in [-0.05, 0) is 25.1 Å². The topological polar surface area (TPSA) is 73.0 Å². The Balaban J connectivity index is 1.64. The SMILES string of the molecule is Cc1ccn(CCNC(=O)c2onc3ccccc23)n1. The molecule has 2 heterocycles. The van der Waals surface area contributed by atoms with Crippen LogP contribution < -0.4 is 5.32 Å². The first-order chi connectivity index (χ1) is 9.74. The fourth-order valence-corrected chi connectivity index (χ4v) is 2.00. The van der Waals surface area contributed by atoms with E-state index in [4.69, 9.17) is 4.52 Å². The van der Waals surface area contributed by atoms with Crippen LogP contribution in [0.5, 0.6) is 0 Å². The number of nitrogens with zero attached hydrogens (tertiary/aromatic N) is 3. The molecule has 3 aromatic rings. The summed E-state index contributed by atoms with van der Waals surface area (Å²) >= 11 is 0. The van der Waals surface area contributed by atoms with Gasteiger partial charge in [0.1, 0.15) is 5.52 Å². The van der Waals surface area contributed by atoms with Crippen molar-refractivity contribution in [3.63, 3.8) is 0 Å². The lowest BCUT2D eigenvalue weighted by atomic mass is 10.2. The largest absolute Gasteiger partial charge is 0.350 e. The quantitative estimate of drug-likeness (QED) is 0.784. The van der Waals surface area contributed by atoms with Gasteiger partial charge in [-0.3, -0.25) is 9.48 Å². The zero-order chi connectivity index (χ0) is 13.9. The van der Waals surface area contributed by atoms with Crippen molar-refractivity contribution < 1.29 is 9.32 Å². The molecule has 0 spiro atoms. The van der Waals surface area contributed by atoms with E-state index in [1.807, 2.05) is 43.5 Å². The van der Waals surface area contributed by atoms with Crippen LogP contribution >= 0.6 is 0 Å². The summed E-state index contributed by atoms with van der Waals surface area (Å²) in [4.78, 5) is 12.0. The molecule has 0 atom stereocenters. The zero-order valence-corrected chi connectivity index (χ0v) is 11.0. The van der Waals surface area contributed by atoms with Crippen molar-refractivity contribution in [1.29, 1.82) is 0 Å². The normalized spacial score (nSPS) is 10.8. The summed E-state index contributed by atoms with van der Waals surface area (Å²) in [7, 11) is 0. The molecule has 0 fully saturated rings. The van der Waals surface area contributed by atoms with Crippen molar-refractivity contribution in [2.24, 2.45) is 0 Å². The Morgan fingerprint density at radius 1 is 1.35 bits per heavy atom. The van der Waals surface area contributed by atoms with Crippen LogP contribution in [-0.2, 0) is 6.54 Å². The van der Waals surface area contributed by atoms with E-state index >= 15 is 0 Å². The third-order valence-electron chi connectivity index (χ3n) is 2.99. The Morgan fingerprint density at radius 3 is 3.00 bits per heavy atom. The molecule has 0 unspecified atom stereocenters. The number of benzene rings is 1. The van der Waals surface area contributed by atoms with Gasteiger partial charge in [-0.1, -0.05) is 17.3 Å². The molecule has 0 aliphatic heterocycles. The molecule has 0 saturated carbocycles. The minimum Gasteiger partial charge on any atom is -0.350 e. The highest BCUT2D eigenvalue weighted by Gasteiger charge is 2.15. The highest BCUT2D eigenvalue weighted by atomic mass is 16.5. The van der Waals surface area contributed by atoms with Gasteiger partial charge >= 0.3 is 0 Å². The molecule has 6 nitrogen and oxygen atoms in total. The van der Waals surface area contributed by atoms with Crippen LogP contribution in [-0.4, -0.2) is 27.4 Å². The molecule has 20 heavy (non-hydrogen) atoms. The number of hydrogen-bond donors (Lipinski definition) is 1. The van der Waals surface area contributed by atoms with E-state index in [2.05, 4.69) is 15.6 Å². The Kier molecular flexibility index (Phi) is 3.20. The predicted molar refractivity (Wildman–Crippen MR) is 73.3 cm³/mol. The number of aryl methyl sites for hydroxylation is 1. The molecule has 102 valence electrons. The summed E-state index contributed by atoms with van der Waals surface area (Å²) in [6.07, 6.45) is 1.88. The lowest BCUT2D eigenvalue weighted by molar-refractivity contribution is 0.0917. The maximum atomic E-state index is 12.0. The molecule has 0 aliphatic rings. The number of aromatic nitrogens is 3. The second-order valence-electron chi connectivity index (χ2n) is 4.50. The smallest absolute Gasteiger partial charge is 0.290 e. The van der Waals surface area contributed by atoms with Crippen LogP contribution in [0.15, 0.2) is 41.1 Å². The van der Waals surface area contributed by atoms with Crippen LogP contribution in [0.1, 0.15) is 16.2 Å². The standard InChI is InChI=1S/C14H14N4O2/c1-10-6-8-18(16-10)9-7-15-14(19)13-11-4-2-3-5-12(11)17-20-13/h2-6,8H,7,9H2,1H3,(H,15,19). The van der Waals surface area contributed by atoms with E-state index in [9.17, 15) is 4.79 Å². The van der Waals surface area contributed by atoms with Crippen LogP contribution in [0.2, 0.25) is 0 Å². The van der Waals surface area contributed by atoms with Gasteiger partial charge in [0.15, 0.2) is 0 Å². The summed E-state index contributed by atoms with van der Waals surface area (Å²) in [6.45, 7) is 3.02. The minimum absolute atomic E-state index is 0.247. The summed E-state index contributed by atoms with van der Waals surface area (Å²) < 4.78 is 6.89. The molecule has 0 bridgehead atoms. The van der Waals surface area contributed by atoms with E-state index in [1.54, 1.807) is 4.68 Å². The lowest BCUT2D eigenvalue weighted by Gasteiger charge is -2.03. The summed E-state index contributed by atoms with van der Waals surface area (Å²) in [5, 5.41) is 11.6. The summed E-state index contributed by atoms with van der Waals surface area (Å²) in [5.41, 5.74) is 1.64. The molecule has 0 aliphatic carbocycles. The van der Waals surface area contributed by atoms with Gasteiger partial charge in [0.25, 0.3) is 5.91 Å². The molecule has 1 amide bonds. The number of hydrogen-bond acceptors (Lipinski definition) is 4. The predicted octanol–water partition coefficient (Wildman–Crippen LogP) is 1.76. The molecular weight excluding hydrogens is 256 g/mol. The number of carbonyl (C=O) groups excluding carboxylic acids is 1. The Morgan fingerprint density at radius 2 is 2.20 bits per heavy atom. The zero-order valence-electron chi connectivity index (χ0n) is 11.0. The van der Waals surface area contributed by atoms with Gasteiger partial charge in [-0.15, -0.1) is 0 Å². The average Bonchev–Trinajstić information content (AvgIpc) is 3.05. The molecule has 0 saturated heterocycles. The highest BCUT2D eigenvalue weighted by molar-refractivity contribution is 6.03. The van der Waals surface area contributed by atoms with Gasteiger partial charge in [0.05, 0.1) is 17.6 Å². The van der Waals surface area contributed by atoms with Gasteiger partial charge in [0, 0.05) is 12.7 Å². The Labute approximate surface area is 115 Å². The van der Waals surface area contributed by atoms with Crippen LogP contribution in [0.4, 0.5) is 0 Å². The van der Waals surface area contributed by atoms with E-state index in [-0.39, 0.29) is 11.7 Å². The molecule has 0 radical (unpaired) electrons. The van der Waals surface area contributed by atoms with Gasteiger partial charge in [-0.2, -0.15) is 5.10 Å². The minimum atomic E-state index is -0.262. The molecular formula is C14H14N4O2. The van der Waals surface area contributed by atoms with Gasteiger partial charge in [0.2, 0.25) is 5.76 Å². The molecule has 1 N–H and O–H groups in total. The molecule has 6 heteroatoms.